The Kier molecular flexibility index (Phi) is 14.2. The van der Waals surface area contributed by atoms with Gasteiger partial charge in [-0.25, -0.2) is 4.98 Å². The zero-order chi connectivity index (χ0) is 18.4. The van der Waals surface area contributed by atoms with Gasteiger partial charge in [0, 0.05) is 18.9 Å². The third-order valence-electron chi connectivity index (χ3n) is 2.29. The van der Waals surface area contributed by atoms with Crippen molar-refractivity contribution < 1.29 is 30.5 Å². The molecule has 0 fully saturated rings. The number of unbranched alkanes of at least 4 members (excludes halogenated alkanes) is 3. The van der Waals surface area contributed by atoms with Gasteiger partial charge in [0.2, 0.25) is 0 Å². The van der Waals surface area contributed by atoms with Crippen molar-refractivity contribution in [2.75, 3.05) is 5.75 Å². The van der Waals surface area contributed by atoms with Crippen molar-refractivity contribution in [2.45, 2.75) is 52.5 Å². The lowest BCUT2D eigenvalue weighted by molar-refractivity contribution is 0.381. The van der Waals surface area contributed by atoms with Gasteiger partial charge in [0.05, 0.1) is 12.1 Å². The monoisotopic (exact) mass is 374 g/mol. The summed E-state index contributed by atoms with van der Waals surface area (Å²) in [6.45, 7) is 5.05. The van der Waals surface area contributed by atoms with Crippen LogP contribution in [0.5, 0.6) is 0 Å². The van der Waals surface area contributed by atoms with Crippen molar-refractivity contribution >= 4 is 20.5 Å². The summed E-state index contributed by atoms with van der Waals surface area (Å²) in [5.41, 5.74) is 0. The predicted molar refractivity (Wildman–Crippen MR) is 87.3 cm³/mol. The van der Waals surface area contributed by atoms with Crippen LogP contribution in [-0.2, 0) is 27.1 Å². The van der Waals surface area contributed by atoms with Crippen molar-refractivity contribution in [1.29, 1.82) is 0 Å². The maximum Gasteiger partial charge on any atom is 0.394 e. The fraction of sp³-hybridized carbons (Fsp3) is 0.750. The number of hydrogen-bond donors (Lipinski definition) is 3. The minimum Gasteiger partial charge on any atom is -0.337 e. The number of rotatable bonds is 7. The van der Waals surface area contributed by atoms with Crippen LogP contribution < -0.4 is 0 Å². The summed E-state index contributed by atoms with van der Waals surface area (Å²) in [7, 11) is -8.34. The van der Waals surface area contributed by atoms with Gasteiger partial charge in [-0.15, -0.1) is 0 Å². The van der Waals surface area contributed by atoms with Gasteiger partial charge in [-0.1, -0.05) is 33.1 Å². The Bertz CT molecular complexity index is 561. The molecule has 1 aromatic rings. The first kappa shape index (κ1) is 24.2. The van der Waals surface area contributed by atoms with Crippen LogP contribution in [0.4, 0.5) is 0 Å². The van der Waals surface area contributed by atoms with Crippen LogP contribution >= 0.6 is 0 Å². The van der Waals surface area contributed by atoms with Crippen molar-refractivity contribution in [3.63, 3.8) is 0 Å². The highest BCUT2D eigenvalue weighted by Gasteiger charge is 1.98. The van der Waals surface area contributed by atoms with E-state index in [1.807, 2.05) is 18.7 Å². The number of aromatic nitrogens is 2. The molecule has 0 spiro atoms. The lowest BCUT2D eigenvalue weighted by Crippen LogP contribution is -2.01. The summed E-state index contributed by atoms with van der Waals surface area (Å²) in [5.74, 6) is -0.132. The van der Waals surface area contributed by atoms with Gasteiger partial charge in [-0.3, -0.25) is 13.7 Å². The summed E-state index contributed by atoms with van der Waals surface area (Å²) >= 11 is 0. The molecule has 0 aliphatic carbocycles. The fourth-order valence-electron chi connectivity index (χ4n) is 1.40. The van der Waals surface area contributed by atoms with Crippen molar-refractivity contribution in [2.24, 2.45) is 0 Å². The largest absolute Gasteiger partial charge is 0.394 e. The van der Waals surface area contributed by atoms with E-state index in [0.29, 0.717) is 6.42 Å². The van der Waals surface area contributed by atoms with E-state index in [1.54, 1.807) is 6.92 Å². The summed E-state index contributed by atoms with van der Waals surface area (Å²) in [6, 6.07) is 0. The minimum atomic E-state index is -4.67. The third kappa shape index (κ3) is 29.6. The molecule has 0 atom stereocenters. The Balaban J connectivity index is 0. The molecule has 0 aromatic carbocycles. The molecule has 11 heteroatoms. The lowest BCUT2D eigenvalue weighted by Gasteiger charge is -1.99. The molecule has 0 bridgehead atoms. The first-order chi connectivity index (χ1) is 10.5. The van der Waals surface area contributed by atoms with Crippen molar-refractivity contribution in [3.8, 4) is 0 Å². The number of aryl methyl sites for hydroxylation is 1. The van der Waals surface area contributed by atoms with Gasteiger partial charge in [0.15, 0.2) is 0 Å². The highest BCUT2D eigenvalue weighted by molar-refractivity contribution is 7.85. The Morgan fingerprint density at radius 2 is 1.52 bits per heavy atom. The first-order valence-electron chi connectivity index (χ1n) is 7.10. The van der Waals surface area contributed by atoms with E-state index in [4.69, 9.17) is 22.1 Å². The van der Waals surface area contributed by atoms with Crippen LogP contribution in [0.2, 0.25) is 0 Å². The van der Waals surface area contributed by atoms with Gasteiger partial charge in [0.25, 0.3) is 10.1 Å². The number of nitrogens with zero attached hydrogens (tertiary/aromatic N) is 2. The molecule has 0 radical (unpaired) electrons. The molecule has 0 amide bonds. The molecule has 3 N–H and O–H groups in total. The SMILES string of the molecule is CCCCCCn1ccnc1.CCCS(=O)(=O)O.O=S(=O)(O)O. The van der Waals surface area contributed by atoms with E-state index in [0.717, 1.165) is 6.54 Å². The molecule has 0 unspecified atom stereocenters. The van der Waals surface area contributed by atoms with E-state index in [1.165, 1.54) is 25.7 Å². The average molecular weight is 374 g/mol. The highest BCUT2D eigenvalue weighted by Crippen LogP contribution is 2.00. The average Bonchev–Trinajstić information content (AvgIpc) is 2.85. The van der Waals surface area contributed by atoms with E-state index >= 15 is 0 Å². The van der Waals surface area contributed by atoms with E-state index in [9.17, 15) is 8.42 Å². The van der Waals surface area contributed by atoms with Gasteiger partial charge >= 0.3 is 10.4 Å². The number of imidazole rings is 1. The molecule has 1 heterocycles. The van der Waals surface area contributed by atoms with Gasteiger partial charge in [-0.05, 0) is 12.8 Å². The molecule has 138 valence electrons. The standard InChI is InChI=1S/C9H16N2.C3H8O3S.H2O4S/c1-2-3-4-5-7-11-8-6-10-9-11;1-2-3-7(4,5)6;1-5(2,3)4/h6,8-9H,2-5,7H2,1H3;2-3H2,1H3,(H,4,5,6);(H2,1,2,3,4). The van der Waals surface area contributed by atoms with E-state index in [2.05, 4.69) is 16.5 Å². The van der Waals surface area contributed by atoms with Gasteiger partial charge in [-0.2, -0.15) is 16.8 Å². The fourth-order valence-corrected chi connectivity index (χ4v) is 1.91. The van der Waals surface area contributed by atoms with Crippen LogP contribution in [-0.4, -0.2) is 45.8 Å². The zero-order valence-electron chi connectivity index (χ0n) is 13.4. The van der Waals surface area contributed by atoms with Crippen LogP contribution in [0, 0.1) is 0 Å². The maximum absolute atomic E-state index is 9.79. The van der Waals surface area contributed by atoms with Gasteiger partial charge in [0.1, 0.15) is 0 Å². The molecule has 1 aromatic heterocycles. The third-order valence-corrected chi connectivity index (χ3v) is 3.22. The van der Waals surface area contributed by atoms with Gasteiger partial charge < -0.3 is 4.57 Å². The summed E-state index contributed by atoms with van der Waals surface area (Å²) < 4.78 is 61.3. The highest BCUT2D eigenvalue weighted by atomic mass is 32.3. The Hall–Kier alpha value is -1.01. The minimum absolute atomic E-state index is 0.132. The Morgan fingerprint density at radius 3 is 1.83 bits per heavy atom. The maximum atomic E-state index is 9.79. The molecule has 9 nitrogen and oxygen atoms in total. The topological polar surface area (TPSA) is 147 Å². The molecule has 0 aliphatic rings. The molecule has 1 rings (SSSR count). The van der Waals surface area contributed by atoms with E-state index < -0.39 is 20.5 Å². The lowest BCUT2D eigenvalue weighted by atomic mass is 10.2. The normalized spacial score (nSPS) is 11.0. The molecule has 0 aliphatic heterocycles. The summed E-state index contributed by atoms with van der Waals surface area (Å²) in [6.07, 6.45) is 11.5. The van der Waals surface area contributed by atoms with Crippen LogP contribution in [0.1, 0.15) is 46.0 Å². The Morgan fingerprint density at radius 1 is 0.957 bits per heavy atom. The molecule has 0 saturated carbocycles. The zero-order valence-corrected chi connectivity index (χ0v) is 15.0. The second-order valence-electron chi connectivity index (χ2n) is 4.60. The second-order valence-corrected chi connectivity index (χ2v) is 7.06. The summed E-state index contributed by atoms with van der Waals surface area (Å²) in [4.78, 5) is 3.98. The predicted octanol–water partition coefficient (Wildman–Crippen LogP) is 2.09. The van der Waals surface area contributed by atoms with Crippen molar-refractivity contribution in [3.05, 3.63) is 18.7 Å². The molecule has 0 saturated heterocycles. The summed E-state index contributed by atoms with van der Waals surface area (Å²) in [5, 5.41) is 0. The molecular formula is C12H26N2O7S2. The second kappa shape index (κ2) is 13.4. The van der Waals surface area contributed by atoms with Crippen LogP contribution in [0.25, 0.3) is 0 Å². The smallest absolute Gasteiger partial charge is 0.337 e. The van der Waals surface area contributed by atoms with Crippen molar-refractivity contribution in [1.82, 2.24) is 9.55 Å². The Labute approximate surface area is 138 Å². The number of hydrogen-bond acceptors (Lipinski definition) is 5. The van der Waals surface area contributed by atoms with E-state index in [-0.39, 0.29) is 5.75 Å². The molecule has 23 heavy (non-hydrogen) atoms. The van der Waals surface area contributed by atoms with Crippen LogP contribution in [0.15, 0.2) is 18.7 Å². The molecular weight excluding hydrogens is 348 g/mol. The van der Waals surface area contributed by atoms with Crippen LogP contribution in [0.3, 0.4) is 0 Å². The first-order valence-corrected chi connectivity index (χ1v) is 10.1. The quantitative estimate of drug-likeness (QED) is 0.485.